The summed E-state index contributed by atoms with van der Waals surface area (Å²) >= 11 is 1.43. The highest BCUT2D eigenvalue weighted by atomic mass is 32.1. The molecule has 2 rings (SSSR count). The third-order valence-electron chi connectivity index (χ3n) is 3.86. The molecule has 1 aliphatic heterocycles. The van der Waals surface area contributed by atoms with Gasteiger partial charge in [-0.1, -0.05) is 18.8 Å². The fraction of sp³-hybridized carbons (Fsp3) is 0.562. The maximum atomic E-state index is 12.1. The summed E-state index contributed by atoms with van der Waals surface area (Å²) in [5.41, 5.74) is 0.660. The van der Waals surface area contributed by atoms with Crippen molar-refractivity contribution in [2.24, 2.45) is 5.92 Å². The molecule has 4 nitrogen and oxygen atoms in total. The second kappa shape index (κ2) is 8.18. The van der Waals surface area contributed by atoms with Gasteiger partial charge < -0.3 is 15.3 Å². The number of aliphatic hydroxyl groups is 1. The van der Waals surface area contributed by atoms with Gasteiger partial charge in [-0.3, -0.25) is 4.79 Å². The molecule has 1 aliphatic rings. The first-order valence-electron chi connectivity index (χ1n) is 7.41. The number of likely N-dealkylation sites (tertiary alicyclic amines) is 1. The van der Waals surface area contributed by atoms with Crippen LogP contribution < -0.4 is 5.32 Å². The monoisotopic (exact) mass is 306 g/mol. The number of nitrogens with one attached hydrogen (secondary N) is 1. The fourth-order valence-corrected chi connectivity index (χ4v) is 3.25. The lowest BCUT2D eigenvalue weighted by atomic mass is 9.97. The average Bonchev–Trinajstić information content (AvgIpc) is 3.00. The van der Waals surface area contributed by atoms with E-state index in [9.17, 15) is 4.79 Å². The van der Waals surface area contributed by atoms with E-state index in [0.717, 1.165) is 43.9 Å². The maximum absolute atomic E-state index is 12.1. The Hall–Kier alpha value is -1.35. The number of carbonyl (C=O) groups is 1. The molecule has 0 atom stereocenters. The van der Waals surface area contributed by atoms with Crippen LogP contribution in [0.25, 0.3) is 0 Å². The Bertz CT molecular complexity index is 522. The molecule has 0 radical (unpaired) electrons. The van der Waals surface area contributed by atoms with Crippen molar-refractivity contribution in [3.8, 4) is 11.8 Å². The molecule has 0 saturated carbocycles. The van der Waals surface area contributed by atoms with Crippen molar-refractivity contribution in [2.75, 3.05) is 32.8 Å². The summed E-state index contributed by atoms with van der Waals surface area (Å²) < 4.78 is 0. The molecular formula is C16H22N2O2S. The summed E-state index contributed by atoms with van der Waals surface area (Å²) in [7, 11) is 0. The van der Waals surface area contributed by atoms with Gasteiger partial charge in [0.1, 0.15) is 6.61 Å². The Kier molecular flexibility index (Phi) is 6.24. The molecule has 5 heteroatoms. The van der Waals surface area contributed by atoms with E-state index in [1.165, 1.54) is 11.3 Å². The smallest absolute Gasteiger partial charge is 0.252 e. The predicted octanol–water partition coefficient (Wildman–Crippen LogP) is 1.55. The van der Waals surface area contributed by atoms with Crippen LogP contribution in [0.15, 0.2) is 11.4 Å². The fourth-order valence-electron chi connectivity index (χ4n) is 2.49. The van der Waals surface area contributed by atoms with E-state index >= 15 is 0 Å². The molecule has 0 spiro atoms. The van der Waals surface area contributed by atoms with Gasteiger partial charge in [0.15, 0.2) is 0 Å². The zero-order chi connectivity index (χ0) is 15.1. The zero-order valence-corrected chi connectivity index (χ0v) is 13.2. The highest BCUT2D eigenvalue weighted by Crippen LogP contribution is 2.17. The third-order valence-corrected chi connectivity index (χ3v) is 4.70. The van der Waals surface area contributed by atoms with Crippen LogP contribution in [0.1, 0.15) is 35.0 Å². The lowest BCUT2D eigenvalue weighted by Crippen LogP contribution is -2.38. The molecule has 1 aromatic heterocycles. The summed E-state index contributed by atoms with van der Waals surface area (Å²) in [6.45, 7) is 6.17. The number of rotatable bonds is 4. The van der Waals surface area contributed by atoms with Crippen molar-refractivity contribution >= 4 is 17.2 Å². The summed E-state index contributed by atoms with van der Waals surface area (Å²) in [4.78, 5) is 15.3. The van der Waals surface area contributed by atoms with E-state index in [1.54, 1.807) is 6.07 Å². The molecule has 0 aliphatic carbocycles. The van der Waals surface area contributed by atoms with Crippen molar-refractivity contribution in [3.63, 3.8) is 0 Å². The largest absolute Gasteiger partial charge is 0.384 e. The molecular weight excluding hydrogens is 284 g/mol. The molecule has 1 aromatic rings. The van der Waals surface area contributed by atoms with Crippen molar-refractivity contribution in [1.29, 1.82) is 0 Å². The van der Waals surface area contributed by atoms with E-state index in [4.69, 9.17) is 5.11 Å². The van der Waals surface area contributed by atoms with Crippen molar-refractivity contribution in [1.82, 2.24) is 10.2 Å². The Labute approximate surface area is 130 Å². The summed E-state index contributed by atoms with van der Waals surface area (Å²) in [5, 5.41) is 13.5. The van der Waals surface area contributed by atoms with Gasteiger partial charge in [0.2, 0.25) is 0 Å². The molecule has 2 heterocycles. The SMILES string of the molecule is CCN1CCC(CNC(=O)c2csc(C#CCO)c2)CC1. The van der Waals surface area contributed by atoms with Gasteiger partial charge in [0.05, 0.1) is 10.4 Å². The van der Waals surface area contributed by atoms with E-state index in [2.05, 4.69) is 29.0 Å². The van der Waals surface area contributed by atoms with Gasteiger partial charge in [-0.25, -0.2) is 0 Å². The Morgan fingerprint density at radius 2 is 2.29 bits per heavy atom. The quantitative estimate of drug-likeness (QED) is 0.830. The predicted molar refractivity (Wildman–Crippen MR) is 85.5 cm³/mol. The minimum absolute atomic E-state index is 0.0266. The molecule has 0 bridgehead atoms. The van der Waals surface area contributed by atoms with Crippen LogP contribution in [0.2, 0.25) is 0 Å². The zero-order valence-electron chi connectivity index (χ0n) is 12.4. The van der Waals surface area contributed by atoms with Gasteiger partial charge in [-0.2, -0.15) is 0 Å². The maximum Gasteiger partial charge on any atom is 0.252 e. The highest BCUT2D eigenvalue weighted by Gasteiger charge is 2.19. The molecule has 114 valence electrons. The molecule has 1 amide bonds. The molecule has 0 unspecified atom stereocenters. The first-order valence-corrected chi connectivity index (χ1v) is 8.29. The van der Waals surface area contributed by atoms with Crippen LogP contribution in [0, 0.1) is 17.8 Å². The number of hydrogen-bond donors (Lipinski definition) is 2. The number of aliphatic hydroxyl groups excluding tert-OH is 1. The van der Waals surface area contributed by atoms with Crippen molar-refractivity contribution in [2.45, 2.75) is 19.8 Å². The number of thiophene rings is 1. The molecule has 1 saturated heterocycles. The first kappa shape index (κ1) is 16.0. The number of carbonyl (C=O) groups excluding carboxylic acids is 1. The van der Waals surface area contributed by atoms with Crippen LogP contribution in [-0.4, -0.2) is 48.7 Å². The van der Waals surface area contributed by atoms with Gasteiger partial charge in [0.25, 0.3) is 5.91 Å². The van der Waals surface area contributed by atoms with Crippen LogP contribution in [0.5, 0.6) is 0 Å². The van der Waals surface area contributed by atoms with Crippen LogP contribution >= 0.6 is 11.3 Å². The summed E-state index contributed by atoms with van der Waals surface area (Å²) in [5.74, 6) is 5.97. The van der Waals surface area contributed by atoms with Gasteiger partial charge in [-0.15, -0.1) is 11.3 Å². The van der Waals surface area contributed by atoms with Crippen molar-refractivity contribution < 1.29 is 9.90 Å². The lowest BCUT2D eigenvalue weighted by Gasteiger charge is -2.30. The Morgan fingerprint density at radius 3 is 2.95 bits per heavy atom. The molecule has 0 aromatic carbocycles. The normalized spacial score (nSPS) is 16.3. The highest BCUT2D eigenvalue weighted by molar-refractivity contribution is 7.10. The van der Waals surface area contributed by atoms with Gasteiger partial charge in [-0.05, 0) is 44.5 Å². The third kappa shape index (κ3) is 4.85. The molecule has 21 heavy (non-hydrogen) atoms. The number of amides is 1. The van der Waals surface area contributed by atoms with Gasteiger partial charge >= 0.3 is 0 Å². The van der Waals surface area contributed by atoms with Crippen LogP contribution in [0.3, 0.4) is 0 Å². The second-order valence-electron chi connectivity index (χ2n) is 5.25. The number of nitrogens with zero attached hydrogens (tertiary/aromatic N) is 1. The van der Waals surface area contributed by atoms with E-state index in [0.29, 0.717) is 11.5 Å². The standard InChI is InChI=1S/C16H22N2O2S/c1-2-18-7-5-13(6-8-18)11-17-16(20)14-10-15(21-12-14)4-3-9-19/h10,12-13,19H,2,5-9,11H2,1H3,(H,17,20). The van der Waals surface area contributed by atoms with E-state index in [-0.39, 0.29) is 12.5 Å². The number of hydrogen-bond acceptors (Lipinski definition) is 4. The number of piperidine rings is 1. The van der Waals surface area contributed by atoms with Crippen molar-refractivity contribution in [3.05, 3.63) is 21.9 Å². The average molecular weight is 306 g/mol. The Morgan fingerprint density at radius 1 is 1.52 bits per heavy atom. The summed E-state index contributed by atoms with van der Waals surface area (Å²) in [6, 6.07) is 1.78. The van der Waals surface area contributed by atoms with Crippen LogP contribution in [0.4, 0.5) is 0 Å². The summed E-state index contributed by atoms with van der Waals surface area (Å²) in [6.07, 6.45) is 2.32. The second-order valence-corrected chi connectivity index (χ2v) is 6.16. The lowest BCUT2D eigenvalue weighted by molar-refractivity contribution is 0.0937. The Balaban J connectivity index is 1.78. The van der Waals surface area contributed by atoms with E-state index < -0.39 is 0 Å². The topological polar surface area (TPSA) is 52.6 Å². The van der Waals surface area contributed by atoms with E-state index in [1.807, 2.05) is 5.38 Å². The van der Waals surface area contributed by atoms with Gasteiger partial charge in [0, 0.05) is 11.9 Å². The molecule has 1 fully saturated rings. The first-order chi connectivity index (χ1) is 10.2. The van der Waals surface area contributed by atoms with Crippen LogP contribution in [-0.2, 0) is 0 Å². The minimum Gasteiger partial charge on any atom is -0.384 e. The molecule has 2 N–H and O–H groups in total. The minimum atomic E-state index is -0.157.